The van der Waals surface area contributed by atoms with Crippen LogP contribution in [0.15, 0.2) is 54.6 Å². The van der Waals surface area contributed by atoms with Gasteiger partial charge in [0, 0.05) is 5.69 Å². The Hall–Kier alpha value is -2.23. The van der Waals surface area contributed by atoms with Gasteiger partial charge in [0.25, 0.3) is 0 Å². The Morgan fingerprint density at radius 3 is 2.48 bits per heavy atom. The lowest BCUT2D eigenvalue weighted by atomic mass is 10.1. The van der Waals surface area contributed by atoms with Crippen LogP contribution >= 0.6 is 23.2 Å². The average Bonchev–Trinajstić information content (AvgIpc) is 2.96. The van der Waals surface area contributed by atoms with E-state index < -0.39 is 0 Å². The maximum atomic E-state index is 12.5. The summed E-state index contributed by atoms with van der Waals surface area (Å²) in [4.78, 5) is 12.5. The zero-order valence-corrected chi connectivity index (χ0v) is 15.4. The molecule has 3 nitrogen and oxygen atoms in total. The molecule has 0 N–H and O–H groups in total. The summed E-state index contributed by atoms with van der Waals surface area (Å²) < 4.78 is 7.18. The van der Waals surface area contributed by atoms with Crippen molar-refractivity contribution in [3.05, 3.63) is 75.9 Å². The van der Waals surface area contributed by atoms with Crippen LogP contribution in [0.1, 0.15) is 23.0 Å². The third kappa shape index (κ3) is 3.30. The molecule has 0 radical (unpaired) electrons. The van der Waals surface area contributed by atoms with Crippen molar-refractivity contribution < 1.29 is 9.53 Å². The number of carbonyl (C=O) groups is 1. The van der Waals surface area contributed by atoms with Gasteiger partial charge >= 0.3 is 5.97 Å². The molecule has 0 spiro atoms. The fourth-order valence-electron chi connectivity index (χ4n) is 2.86. The summed E-state index contributed by atoms with van der Waals surface area (Å²) in [6.45, 7) is 4.03. The molecule has 0 unspecified atom stereocenters. The summed E-state index contributed by atoms with van der Waals surface area (Å²) in [7, 11) is 0. The Balaban J connectivity index is 2.32. The molecule has 0 aliphatic rings. The third-order valence-electron chi connectivity index (χ3n) is 3.90. The lowest BCUT2D eigenvalue weighted by molar-refractivity contribution is 0.0527. The molecule has 5 heteroatoms. The van der Waals surface area contributed by atoms with Crippen molar-refractivity contribution in [1.82, 2.24) is 4.57 Å². The summed E-state index contributed by atoms with van der Waals surface area (Å²) in [5.41, 5.74) is 3.73. The van der Waals surface area contributed by atoms with Crippen LogP contribution in [0.4, 0.5) is 0 Å². The molecular formula is C20H17Cl2NO2. The van der Waals surface area contributed by atoms with Gasteiger partial charge in [-0.15, -0.1) is 0 Å². The van der Waals surface area contributed by atoms with Crippen LogP contribution in [0.5, 0.6) is 0 Å². The number of hydrogen-bond donors (Lipinski definition) is 0. The maximum absolute atomic E-state index is 12.5. The van der Waals surface area contributed by atoms with Gasteiger partial charge in [0.1, 0.15) is 0 Å². The van der Waals surface area contributed by atoms with Gasteiger partial charge < -0.3 is 9.30 Å². The SMILES string of the molecule is CCOC(=O)c1cc(C)n(-c2cccc(Cl)c2Cl)c1-c1ccccc1. The molecule has 0 saturated heterocycles. The second kappa shape index (κ2) is 7.34. The smallest absolute Gasteiger partial charge is 0.340 e. The van der Waals surface area contributed by atoms with Crippen molar-refractivity contribution in [3.63, 3.8) is 0 Å². The highest BCUT2D eigenvalue weighted by molar-refractivity contribution is 6.43. The van der Waals surface area contributed by atoms with E-state index in [9.17, 15) is 4.79 Å². The molecule has 25 heavy (non-hydrogen) atoms. The van der Waals surface area contributed by atoms with E-state index in [-0.39, 0.29) is 5.97 Å². The van der Waals surface area contributed by atoms with Crippen LogP contribution in [0.3, 0.4) is 0 Å². The summed E-state index contributed by atoms with van der Waals surface area (Å²) >= 11 is 12.6. The first-order valence-electron chi connectivity index (χ1n) is 7.93. The molecule has 0 atom stereocenters. The monoisotopic (exact) mass is 373 g/mol. The second-order valence-corrected chi connectivity index (χ2v) is 6.33. The van der Waals surface area contributed by atoms with Gasteiger partial charge in [-0.3, -0.25) is 0 Å². The van der Waals surface area contributed by atoms with Crippen molar-refractivity contribution >= 4 is 29.2 Å². The number of aryl methyl sites for hydroxylation is 1. The first-order chi connectivity index (χ1) is 12.0. The van der Waals surface area contributed by atoms with Crippen molar-refractivity contribution in [3.8, 4) is 16.9 Å². The molecule has 1 heterocycles. The fraction of sp³-hybridized carbons (Fsp3) is 0.150. The molecule has 0 amide bonds. The zero-order valence-electron chi connectivity index (χ0n) is 13.9. The van der Waals surface area contributed by atoms with Crippen LogP contribution in [0.2, 0.25) is 10.0 Å². The number of ether oxygens (including phenoxy) is 1. The normalized spacial score (nSPS) is 10.7. The number of nitrogens with zero attached hydrogens (tertiary/aromatic N) is 1. The van der Waals surface area contributed by atoms with Gasteiger partial charge in [-0.05, 0) is 37.6 Å². The van der Waals surface area contributed by atoms with E-state index in [0.717, 1.165) is 22.6 Å². The number of carbonyl (C=O) groups excluding carboxylic acids is 1. The van der Waals surface area contributed by atoms with E-state index in [0.29, 0.717) is 22.2 Å². The predicted octanol–water partition coefficient (Wildman–Crippen LogP) is 5.94. The highest BCUT2D eigenvalue weighted by atomic mass is 35.5. The molecule has 0 fully saturated rings. The van der Waals surface area contributed by atoms with Crippen LogP contribution in [-0.2, 0) is 4.74 Å². The molecular weight excluding hydrogens is 357 g/mol. The summed E-state index contributed by atoms with van der Waals surface area (Å²) in [5, 5.41) is 0.902. The first kappa shape index (κ1) is 17.6. The lowest BCUT2D eigenvalue weighted by Gasteiger charge is -2.15. The number of hydrogen-bond acceptors (Lipinski definition) is 2. The van der Waals surface area contributed by atoms with Gasteiger partial charge in [-0.1, -0.05) is 59.6 Å². The standard InChI is InChI=1S/C20H17Cl2NO2/c1-3-25-20(24)15-12-13(2)23(17-11-7-10-16(21)18(17)22)19(15)14-8-5-4-6-9-14/h4-12H,3H2,1-2H3. The topological polar surface area (TPSA) is 31.2 Å². The van der Waals surface area contributed by atoms with Gasteiger partial charge in [0.05, 0.1) is 33.6 Å². The minimum absolute atomic E-state index is 0.315. The van der Waals surface area contributed by atoms with Crippen LogP contribution in [0.25, 0.3) is 16.9 Å². The number of aromatic nitrogens is 1. The van der Waals surface area contributed by atoms with Crippen molar-refractivity contribution in [2.45, 2.75) is 13.8 Å². The van der Waals surface area contributed by atoms with E-state index in [2.05, 4.69) is 0 Å². The Kier molecular flexibility index (Phi) is 5.16. The van der Waals surface area contributed by atoms with Crippen molar-refractivity contribution in [1.29, 1.82) is 0 Å². The minimum Gasteiger partial charge on any atom is -0.462 e. The molecule has 3 aromatic rings. The minimum atomic E-state index is -0.360. The zero-order chi connectivity index (χ0) is 18.0. The van der Waals surface area contributed by atoms with Crippen LogP contribution in [0, 0.1) is 6.92 Å². The largest absolute Gasteiger partial charge is 0.462 e. The maximum Gasteiger partial charge on any atom is 0.340 e. The van der Waals surface area contributed by atoms with Gasteiger partial charge in [0.2, 0.25) is 0 Å². The molecule has 0 bridgehead atoms. The molecule has 1 aromatic heterocycles. The van der Waals surface area contributed by atoms with Gasteiger partial charge in [-0.2, -0.15) is 0 Å². The van der Waals surface area contributed by atoms with E-state index in [1.807, 2.05) is 60.0 Å². The molecule has 0 aliphatic carbocycles. The van der Waals surface area contributed by atoms with E-state index in [4.69, 9.17) is 27.9 Å². The fourth-order valence-corrected chi connectivity index (χ4v) is 3.24. The highest BCUT2D eigenvalue weighted by Crippen LogP contribution is 2.36. The molecule has 128 valence electrons. The Morgan fingerprint density at radius 2 is 1.80 bits per heavy atom. The average molecular weight is 374 g/mol. The lowest BCUT2D eigenvalue weighted by Crippen LogP contribution is -2.07. The number of esters is 1. The predicted molar refractivity (Wildman–Crippen MR) is 102 cm³/mol. The van der Waals surface area contributed by atoms with Crippen molar-refractivity contribution in [2.75, 3.05) is 6.61 Å². The Labute approximate surface area is 156 Å². The van der Waals surface area contributed by atoms with E-state index in [1.165, 1.54) is 0 Å². The van der Waals surface area contributed by atoms with E-state index in [1.54, 1.807) is 13.0 Å². The molecule has 0 saturated carbocycles. The van der Waals surface area contributed by atoms with Crippen LogP contribution < -0.4 is 0 Å². The summed E-state index contributed by atoms with van der Waals surface area (Å²) in [5.74, 6) is -0.360. The Bertz CT molecular complexity index is 917. The summed E-state index contributed by atoms with van der Waals surface area (Å²) in [6, 6.07) is 17.0. The first-order valence-corrected chi connectivity index (χ1v) is 8.69. The molecule has 2 aromatic carbocycles. The van der Waals surface area contributed by atoms with E-state index >= 15 is 0 Å². The molecule has 3 rings (SSSR count). The second-order valence-electron chi connectivity index (χ2n) is 5.54. The number of rotatable bonds is 4. The number of benzene rings is 2. The third-order valence-corrected chi connectivity index (χ3v) is 4.71. The van der Waals surface area contributed by atoms with Crippen LogP contribution in [-0.4, -0.2) is 17.1 Å². The van der Waals surface area contributed by atoms with Gasteiger partial charge in [-0.25, -0.2) is 4.79 Å². The molecule has 0 aliphatic heterocycles. The van der Waals surface area contributed by atoms with Gasteiger partial charge in [0.15, 0.2) is 0 Å². The summed E-state index contributed by atoms with van der Waals surface area (Å²) in [6.07, 6.45) is 0. The highest BCUT2D eigenvalue weighted by Gasteiger charge is 2.23. The Morgan fingerprint density at radius 1 is 1.08 bits per heavy atom. The number of halogens is 2. The van der Waals surface area contributed by atoms with Crippen molar-refractivity contribution in [2.24, 2.45) is 0 Å². The quantitative estimate of drug-likeness (QED) is 0.530.